The number of piperidine rings is 1. The Labute approximate surface area is 195 Å². The molecule has 1 atom stereocenters. The van der Waals surface area contributed by atoms with Gasteiger partial charge >= 0.3 is 0 Å². The largest absolute Gasteiger partial charge is 0.365 e. The van der Waals surface area contributed by atoms with Gasteiger partial charge in [-0.3, -0.25) is 14.3 Å². The number of hydrogen-bond donors (Lipinski definition) is 3. The summed E-state index contributed by atoms with van der Waals surface area (Å²) < 4.78 is 1.83. The van der Waals surface area contributed by atoms with Gasteiger partial charge in [0.05, 0.1) is 17.9 Å². The van der Waals surface area contributed by atoms with Gasteiger partial charge < -0.3 is 21.3 Å². The molecule has 33 heavy (non-hydrogen) atoms. The number of nitrogens with two attached hydrogens (primary N) is 1. The van der Waals surface area contributed by atoms with Crippen LogP contribution in [0, 0.1) is 0 Å². The van der Waals surface area contributed by atoms with Gasteiger partial charge in [0.2, 0.25) is 11.9 Å². The maximum atomic E-state index is 12.0. The fourth-order valence-corrected chi connectivity index (χ4v) is 3.84. The van der Waals surface area contributed by atoms with E-state index in [-0.39, 0.29) is 29.3 Å². The Hall–Kier alpha value is -3.92. The summed E-state index contributed by atoms with van der Waals surface area (Å²) in [5.41, 5.74) is 6.94. The number of primary amides is 1. The Bertz CT molecular complexity index is 1190. The van der Waals surface area contributed by atoms with Gasteiger partial charge in [-0.25, -0.2) is 4.98 Å². The van der Waals surface area contributed by atoms with Crippen LogP contribution in [-0.2, 0) is 4.79 Å². The predicted molar refractivity (Wildman–Crippen MR) is 126 cm³/mol. The number of aromatic nitrogens is 4. The van der Waals surface area contributed by atoms with Gasteiger partial charge in [0.1, 0.15) is 11.4 Å². The Morgan fingerprint density at radius 2 is 2.09 bits per heavy atom. The minimum Gasteiger partial charge on any atom is -0.365 e. The molecule has 3 heterocycles. The summed E-state index contributed by atoms with van der Waals surface area (Å²) in [6.45, 7) is 4.85. The second-order valence-electron chi connectivity index (χ2n) is 7.57. The lowest BCUT2D eigenvalue weighted by atomic mass is 10.1. The normalized spacial score (nSPS) is 15.7. The molecule has 4 N–H and O–H groups in total. The van der Waals surface area contributed by atoms with E-state index < -0.39 is 5.91 Å². The number of anilines is 4. The number of benzene rings is 1. The van der Waals surface area contributed by atoms with Gasteiger partial charge in [0, 0.05) is 36.2 Å². The highest BCUT2D eigenvalue weighted by atomic mass is 35.5. The molecule has 1 unspecified atom stereocenters. The molecular weight excluding hydrogens is 444 g/mol. The first-order valence-corrected chi connectivity index (χ1v) is 10.7. The van der Waals surface area contributed by atoms with Crippen LogP contribution in [-0.4, -0.2) is 49.6 Å². The van der Waals surface area contributed by atoms with Gasteiger partial charge in [0.25, 0.3) is 5.91 Å². The van der Waals surface area contributed by atoms with Gasteiger partial charge in [-0.2, -0.15) is 10.1 Å². The van der Waals surface area contributed by atoms with Crippen molar-refractivity contribution in [2.75, 3.05) is 23.7 Å². The zero-order chi connectivity index (χ0) is 23.4. The van der Waals surface area contributed by atoms with Gasteiger partial charge in [0.15, 0.2) is 0 Å². The number of halogens is 1. The number of nitrogens with one attached hydrogen (secondary N) is 2. The third-order valence-corrected chi connectivity index (χ3v) is 5.49. The number of nitrogens with zero attached hydrogens (tertiary/aromatic N) is 5. The molecule has 1 aliphatic heterocycles. The van der Waals surface area contributed by atoms with Gasteiger partial charge in [-0.15, -0.1) is 0 Å². The van der Waals surface area contributed by atoms with Crippen molar-refractivity contribution in [1.82, 2.24) is 24.6 Å². The first-order valence-electron chi connectivity index (χ1n) is 10.3. The summed E-state index contributed by atoms with van der Waals surface area (Å²) in [4.78, 5) is 34.2. The molecule has 170 valence electrons. The molecule has 1 aliphatic rings. The van der Waals surface area contributed by atoms with E-state index in [1.807, 2.05) is 10.9 Å². The van der Waals surface area contributed by atoms with Crippen molar-refractivity contribution >= 4 is 46.6 Å². The number of amides is 2. The van der Waals surface area contributed by atoms with Gasteiger partial charge in [-0.05, 0) is 37.1 Å². The lowest BCUT2D eigenvalue weighted by molar-refractivity contribution is -0.127. The fourth-order valence-electron chi connectivity index (χ4n) is 3.65. The number of rotatable bonds is 7. The van der Waals surface area contributed by atoms with E-state index in [1.165, 1.54) is 12.3 Å². The Balaban J connectivity index is 1.51. The number of carbonyl (C=O) groups is 2. The van der Waals surface area contributed by atoms with E-state index in [4.69, 9.17) is 17.3 Å². The summed E-state index contributed by atoms with van der Waals surface area (Å²) in [6, 6.07) is 7.08. The van der Waals surface area contributed by atoms with Crippen LogP contribution in [0.1, 0.15) is 29.2 Å². The summed E-state index contributed by atoms with van der Waals surface area (Å²) in [5.74, 6) is -0.223. The SMILES string of the molecule is C=CC(=O)N1CCCC(n2cc(Nc3ncc(C(N)=O)c(Nc4cccc(Cl)c4)n3)cn2)C1. The molecule has 1 aromatic carbocycles. The highest BCUT2D eigenvalue weighted by molar-refractivity contribution is 6.30. The van der Waals surface area contributed by atoms with Crippen LogP contribution in [0.4, 0.5) is 23.1 Å². The van der Waals surface area contributed by atoms with E-state index in [2.05, 4.69) is 32.3 Å². The maximum absolute atomic E-state index is 12.0. The molecule has 0 spiro atoms. The standard InChI is InChI=1S/C22H23ClN8O2/c1-2-19(32)30-8-4-7-17(13-30)31-12-16(10-26-31)28-22-25-11-18(20(24)33)21(29-22)27-15-6-3-5-14(23)9-15/h2-3,5-6,9-12,17H,1,4,7-8,13H2,(H2,24,33)(H2,25,27,28,29). The molecule has 0 aliphatic carbocycles. The molecule has 2 amide bonds. The molecule has 0 bridgehead atoms. The zero-order valence-electron chi connectivity index (χ0n) is 17.7. The molecular formula is C22H23ClN8O2. The molecule has 2 aromatic heterocycles. The molecule has 0 saturated carbocycles. The molecule has 3 aromatic rings. The predicted octanol–water partition coefficient (Wildman–Crippen LogP) is 3.26. The summed E-state index contributed by atoms with van der Waals surface area (Å²) in [5, 5.41) is 11.1. The topological polar surface area (TPSA) is 131 Å². The maximum Gasteiger partial charge on any atom is 0.254 e. The highest BCUT2D eigenvalue weighted by Gasteiger charge is 2.24. The van der Waals surface area contributed by atoms with Crippen LogP contribution in [0.25, 0.3) is 0 Å². The van der Waals surface area contributed by atoms with Crippen LogP contribution in [0.15, 0.2) is 55.5 Å². The third kappa shape index (κ3) is 5.29. The van der Waals surface area contributed by atoms with E-state index in [0.717, 1.165) is 19.4 Å². The smallest absolute Gasteiger partial charge is 0.254 e. The second-order valence-corrected chi connectivity index (χ2v) is 8.01. The van der Waals surface area contributed by atoms with E-state index in [1.54, 1.807) is 35.4 Å². The van der Waals surface area contributed by atoms with Crippen molar-refractivity contribution in [3.63, 3.8) is 0 Å². The summed E-state index contributed by atoms with van der Waals surface area (Å²) in [7, 11) is 0. The molecule has 1 saturated heterocycles. The van der Waals surface area contributed by atoms with Crippen molar-refractivity contribution in [3.05, 3.63) is 66.1 Å². The first kappa shape index (κ1) is 22.3. The molecule has 1 fully saturated rings. The monoisotopic (exact) mass is 466 g/mol. The molecule has 10 nitrogen and oxygen atoms in total. The molecule has 11 heteroatoms. The number of likely N-dealkylation sites (tertiary alicyclic amines) is 1. The van der Waals surface area contributed by atoms with Crippen LogP contribution in [0.5, 0.6) is 0 Å². The van der Waals surface area contributed by atoms with E-state index in [0.29, 0.717) is 22.9 Å². The van der Waals surface area contributed by atoms with Crippen molar-refractivity contribution < 1.29 is 9.59 Å². The molecule has 0 radical (unpaired) electrons. The van der Waals surface area contributed by atoms with E-state index >= 15 is 0 Å². The summed E-state index contributed by atoms with van der Waals surface area (Å²) in [6.07, 6.45) is 7.99. The Morgan fingerprint density at radius 1 is 1.24 bits per heavy atom. The fraction of sp³-hybridized carbons (Fsp3) is 0.227. The quantitative estimate of drug-likeness (QED) is 0.455. The minimum atomic E-state index is -0.658. The Morgan fingerprint density at radius 3 is 2.85 bits per heavy atom. The van der Waals surface area contributed by atoms with Gasteiger partial charge in [-0.1, -0.05) is 24.2 Å². The molecule has 4 rings (SSSR count). The van der Waals surface area contributed by atoms with Crippen molar-refractivity contribution in [2.24, 2.45) is 5.73 Å². The second kappa shape index (κ2) is 9.70. The van der Waals surface area contributed by atoms with Crippen LogP contribution < -0.4 is 16.4 Å². The van der Waals surface area contributed by atoms with Crippen LogP contribution >= 0.6 is 11.6 Å². The van der Waals surface area contributed by atoms with Crippen molar-refractivity contribution in [3.8, 4) is 0 Å². The third-order valence-electron chi connectivity index (χ3n) is 5.26. The Kier molecular flexibility index (Phi) is 6.55. The van der Waals surface area contributed by atoms with Crippen molar-refractivity contribution in [2.45, 2.75) is 18.9 Å². The van der Waals surface area contributed by atoms with Crippen LogP contribution in [0.2, 0.25) is 5.02 Å². The van der Waals surface area contributed by atoms with E-state index in [9.17, 15) is 9.59 Å². The zero-order valence-corrected chi connectivity index (χ0v) is 18.5. The number of hydrogen-bond acceptors (Lipinski definition) is 7. The van der Waals surface area contributed by atoms with Crippen LogP contribution in [0.3, 0.4) is 0 Å². The highest BCUT2D eigenvalue weighted by Crippen LogP contribution is 2.25. The van der Waals surface area contributed by atoms with Crippen molar-refractivity contribution in [1.29, 1.82) is 0 Å². The number of carbonyl (C=O) groups excluding carboxylic acids is 2. The average molecular weight is 467 g/mol. The first-order chi connectivity index (χ1) is 15.9. The minimum absolute atomic E-state index is 0.0661. The lowest BCUT2D eigenvalue weighted by Gasteiger charge is -2.32. The lowest BCUT2D eigenvalue weighted by Crippen LogP contribution is -2.39. The summed E-state index contributed by atoms with van der Waals surface area (Å²) >= 11 is 6.04. The average Bonchev–Trinajstić information content (AvgIpc) is 3.27.